The van der Waals surface area contributed by atoms with Gasteiger partial charge in [0.1, 0.15) is 0 Å². The first-order valence-electron chi connectivity index (χ1n) is 9.79. The van der Waals surface area contributed by atoms with Gasteiger partial charge in [-0.2, -0.15) is 4.31 Å². The van der Waals surface area contributed by atoms with Gasteiger partial charge in [-0.3, -0.25) is 4.79 Å². The Labute approximate surface area is 167 Å². The zero-order valence-electron chi connectivity index (χ0n) is 16.8. The highest BCUT2D eigenvalue weighted by Crippen LogP contribution is 2.25. The molecule has 1 N–H and O–H groups in total. The van der Waals surface area contributed by atoms with E-state index in [2.05, 4.69) is 5.32 Å². The fraction of sp³-hybridized carbons (Fsp3) is 0.409. The highest BCUT2D eigenvalue weighted by Gasteiger charge is 2.26. The maximum atomic E-state index is 13.1. The van der Waals surface area contributed by atoms with Gasteiger partial charge in [-0.15, -0.1) is 0 Å². The van der Waals surface area contributed by atoms with E-state index in [9.17, 15) is 13.2 Å². The van der Waals surface area contributed by atoms with Crippen LogP contribution in [0.15, 0.2) is 41.3 Å². The molecule has 0 spiro atoms. The summed E-state index contributed by atoms with van der Waals surface area (Å²) in [4.78, 5) is 13.1. The number of anilines is 1. The number of para-hydroxylation sites is 1. The van der Waals surface area contributed by atoms with Crippen molar-refractivity contribution in [3.05, 3.63) is 58.7 Å². The molecule has 0 radical (unpaired) electrons. The topological polar surface area (TPSA) is 66.5 Å². The van der Waals surface area contributed by atoms with Crippen LogP contribution in [0.2, 0.25) is 0 Å². The molecule has 0 aliphatic carbocycles. The smallest absolute Gasteiger partial charge is 0.255 e. The van der Waals surface area contributed by atoms with Crippen LogP contribution in [0, 0.1) is 20.8 Å². The number of nitrogens with zero attached hydrogens (tertiary/aromatic N) is 1. The van der Waals surface area contributed by atoms with Crippen LogP contribution >= 0.6 is 0 Å². The van der Waals surface area contributed by atoms with Gasteiger partial charge in [-0.25, -0.2) is 8.42 Å². The average Bonchev–Trinajstić information content (AvgIpc) is 2.95. The van der Waals surface area contributed by atoms with Crippen LogP contribution in [-0.2, 0) is 10.0 Å². The molecule has 0 unspecified atom stereocenters. The number of sulfonamides is 1. The van der Waals surface area contributed by atoms with Gasteiger partial charge in [-0.05, 0) is 62.4 Å². The van der Waals surface area contributed by atoms with Crippen LogP contribution in [0.3, 0.4) is 0 Å². The predicted octanol–water partition coefficient (Wildman–Crippen LogP) is 4.43. The Balaban J connectivity index is 1.92. The maximum Gasteiger partial charge on any atom is 0.255 e. The minimum atomic E-state index is -3.59. The summed E-state index contributed by atoms with van der Waals surface area (Å²) >= 11 is 0. The first-order chi connectivity index (χ1) is 13.3. The SMILES string of the molecule is Cc1ccc(S(=O)(=O)N2CCCCCC2)cc1C(=O)Nc1c(C)cccc1C. The first kappa shape index (κ1) is 20.6. The van der Waals surface area contributed by atoms with Crippen molar-refractivity contribution in [1.29, 1.82) is 0 Å². The van der Waals surface area contributed by atoms with E-state index in [0.717, 1.165) is 48.1 Å². The van der Waals surface area contributed by atoms with E-state index in [1.165, 1.54) is 6.07 Å². The Kier molecular flexibility index (Phi) is 6.20. The summed E-state index contributed by atoms with van der Waals surface area (Å²) < 4.78 is 27.7. The van der Waals surface area contributed by atoms with Gasteiger partial charge in [0, 0.05) is 24.3 Å². The summed E-state index contributed by atoms with van der Waals surface area (Å²) in [6.45, 7) is 6.79. The third-order valence-electron chi connectivity index (χ3n) is 5.38. The molecule has 2 aromatic rings. The summed E-state index contributed by atoms with van der Waals surface area (Å²) in [5, 5.41) is 2.96. The van der Waals surface area contributed by atoms with E-state index < -0.39 is 10.0 Å². The summed E-state index contributed by atoms with van der Waals surface area (Å²) in [6.07, 6.45) is 3.88. The minimum Gasteiger partial charge on any atom is -0.321 e. The van der Waals surface area contributed by atoms with E-state index in [4.69, 9.17) is 0 Å². The molecule has 5 nitrogen and oxygen atoms in total. The van der Waals surface area contributed by atoms with Crippen LogP contribution in [-0.4, -0.2) is 31.7 Å². The molecule has 0 atom stereocenters. The van der Waals surface area contributed by atoms with Crippen molar-refractivity contribution in [3.8, 4) is 0 Å². The molecule has 3 rings (SSSR count). The Hall–Kier alpha value is -2.18. The third-order valence-corrected chi connectivity index (χ3v) is 7.27. The highest BCUT2D eigenvalue weighted by atomic mass is 32.2. The number of carbonyl (C=O) groups is 1. The molecule has 6 heteroatoms. The molecule has 1 heterocycles. The van der Waals surface area contributed by atoms with Crippen LogP contribution in [0.25, 0.3) is 0 Å². The van der Waals surface area contributed by atoms with E-state index in [1.54, 1.807) is 16.4 Å². The summed E-state index contributed by atoms with van der Waals surface area (Å²) in [6, 6.07) is 10.7. The van der Waals surface area contributed by atoms with Crippen LogP contribution in [0.5, 0.6) is 0 Å². The number of hydrogen-bond acceptors (Lipinski definition) is 3. The Bertz CT molecular complexity index is 955. The molecular formula is C22H28N2O3S. The molecule has 2 aromatic carbocycles. The number of benzene rings is 2. The van der Waals surface area contributed by atoms with Crippen molar-refractivity contribution in [3.63, 3.8) is 0 Å². The number of hydrogen-bond donors (Lipinski definition) is 1. The lowest BCUT2D eigenvalue weighted by Crippen LogP contribution is -2.32. The van der Waals surface area contributed by atoms with Crippen LogP contribution in [0.1, 0.15) is 52.7 Å². The zero-order valence-corrected chi connectivity index (χ0v) is 17.6. The van der Waals surface area contributed by atoms with Crippen molar-refractivity contribution in [2.24, 2.45) is 0 Å². The van der Waals surface area contributed by atoms with Gasteiger partial charge in [0.25, 0.3) is 5.91 Å². The number of amides is 1. The molecular weight excluding hydrogens is 372 g/mol. The normalized spacial score (nSPS) is 15.8. The van der Waals surface area contributed by atoms with Gasteiger partial charge in [-0.1, -0.05) is 37.1 Å². The second kappa shape index (κ2) is 8.45. The van der Waals surface area contributed by atoms with Crippen molar-refractivity contribution in [2.75, 3.05) is 18.4 Å². The summed E-state index contributed by atoms with van der Waals surface area (Å²) in [5.74, 6) is -0.289. The molecule has 0 bridgehead atoms. The lowest BCUT2D eigenvalue weighted by Gasteiger charge is -2.20. The van der Waals surface area contributed by atoms with Crippen molar-refractivity contribution in [1.82, 2.24) is 4.31 Å². The lowest BCUT2D eigenvalue weighted by molar-refractivity contribution is 0.102. The molecule has 1 saturated heterocycles. The fourth-order valence-corrected chi connectivity index (χ4v) is 5.17. The minimum absolute atomic E-state index is 0.187. The molecule has 1 amide bonds. The Morgan fingerprint density at radius 1 is 0.893 bits per heavy atom. The average molecular weight is 401 g/mol. The number of rotatable bonds is 4. The Morgan fingerprint density at radius 2 is 1.50 bits per heavy atom. The summed E-state index contributed by atoms with van der Waals surface area (Å²) in [5.41, 5.74) is 3.85. The second-order valence-corrected chi connectivity index (χ2v) is 9.45. The van der Waals surface area contributed by atoms with E-state index in [1.807, 2.05) is 39.0 Å². The molecule has 1 aliphatic rings. The summed E-state index contributed by atoms with van der Waals surface area (Å²) in [7, 11) is -3.59. The largest absolute Gasteiger partial charge is 0.321 e. The van der Waals surface area contributed by atoms with E-state index in [-0.39, 0.29) is 10.8 Å². The monoisotopic (exact) mass is 400 g/mol. The second-order valence-electron chi connectivity index (χ2n) is 7.52. The van der Waals surface area contributed by atoms with Crippen molar-refractivity contribution < 1.29 is 13.2 Å². The Morgan fingerprint density at radius 3 is 2.11 bits per heavy atom. The van der Waals surface area contributed by atoms with Crippen molar-refractivity contribution >= 4 is 21.6 Å². The fourth-order valence-electron chi connectivity index (χ4n) is 3.63. The quantitative estimate of drug-likeness (QED) is 0.826. The zero-order chi connectivity index (χ0) is 20.3. The third kappa shape index (κ3) is 4.28. The van der Waals surface area contributed by atoms with Gasteiger partial charge < -0.3 is 5.32 Å². The number of aryl methyl sites for hydroxylation is 3. The standard InChI is InChI=1S/C22H28N2O3S/c1-16-11-12-19(28(26,27)24-13-6-4-5-7-14-24)15-20(16)22(25)23-21-17(2)9-8-10-18(21)3/h8-12,15H,4-7,13-14H2,1-3H3,(H,23,25). The predicted molar refractivity (Wildman–Crippen MR) is 112 cm³/mol. The number of nitrogens with one attached hydrogen (secondary N) is 1. The number of carbonyl (C=O) groups excluding carboxylic acids is 1. The van der Waals surface area contributed by atoms with Gasteiger partial charge >= 0.3 is 0 Å². The molecule has 150 valence electrons. The van der Waals surface area contributed by atoms with Gasteiger partial charge in [0.05, 0.1) is 4.90 Å². The van der Waals surface area contributed by atoms with Gasteiger partial charge in [0.15, 0.2) is 0 Å². The molecule has 1 fully saturated rings. The maximum absolute atomic E-state index is 13.1. The molecule has 0 aromatic heterocycles. The first-order valence-corrected chi connectivity index (χ1v) is 11.2. The van der Waals surface area contributed by atoms with Crippen LogP contribution < -0.4 is 5.32 Å². The van der Waals surface area contributed by atoms with E-state index >= 15 is 0 Å². The molecule has 0 saturated carbocycles. The molecule has 1 aliphatic heterocycles. The van der Waals surface area contributed by atoms with Crippen molar-refractivity contribution in [2.45, 2.75) is 51.3 Å². The van der Waals surface area contributed by atoms with Crippen LogP contribution in [0.4, 0.5) is 5.69 Å². The van der Waals surface area contributed by atoms with Gasteiger partial charge in [0.2, 0.25) is 10.0 Å². The lowest BCUT2D eigenvalue weighted by atomic mass is 10.1. The highest BCUT2D eigenvalue weighted by molar-refractivity contribution is 7.89. The van der Waals surface area contributed by atoms with E-state index in [0.29, 0.717) is 18.7 Å². The molecule has 28 heavy (non-hydrogen) atoms.